The number of nitrogens with zero attached hydrogens (tertiary/aromatic N) is 3. The largest absolute Gasteiger partial charge is 0.492 e. The minimum atomic E-state index is -0.619. The highest BCUT2D eigenvalue weighted by atomic mass is 16.5. The van der Waals surface area contributed by atoms with Crippen LogP contribution in [-0.2, 0) is 28.1 Å². The van der Waals surface area contributed by atoms with Gasteiger partial charge in [0.25, 0.3) is 5.91 Å². The number of benzene rings is 1. The number of imide groups is 1. The average Bonchev–Trinajstić information content (AvgIpc) is 3.39. The second-order valence-electron chi connectivity index (χ2n) is 10.1. The fourth-order valence-corrected chi connectivity index (χ4v) is 6.04. The zero-order chi connectivity index (χ0) is 24.9. The Morgan fingerprint density at radius 1 is 1.17 bits per heavy atom. The zero-order valence-corrected chi connectivity index (χ0v) is 20.4. The van der Waals surface area contributed by atoms with Gasteiger partial charge in [-0.2, -0.15) is 0 Å². The summed E-state index contributed by atoms with van der Waals surface area (Å²) >= 11 is 0. The summed E-state index contributed by atoms with van der Waals surface area (Å²) in [5.41, 5.74) is 3.60. The van der Waals surface area contributed by atoms with Gasteiger partial charge in [-0.1, -0.05) is 12.1 Å². The molecule has 6 rings (SSSR count). The van der Waals surface area contributed by atoms with Crippen LogP contribution in [0, 0.1) is 0 Å². The highest BCUT2D eigenvalue weighted by molar-refractivity contribution is 6.05. The van der Waals surface area contributed by atoms with E-state index in [4.69, 9.17) is 9.47 Å². The van der Waals surface area contributed by atoms with Crippen LogP contribution in [0.15, 0.2) is 30.3 Å². The number of likely N-dealkylation sites (tertiary alicyclic amines) is 1. The smallest absolute Gasteiger partial charge is 0.255 e. The van der Waals surface area contributed by atoms with E-state index < -0.39 is 11.9 Å². The van der Waals surface area contributed by atoms with Gasteiger partial charge in [-0.3, -0.25) is 24.6 Å². The van der Waals surface area contributed by atoms with E-state index in [1.54, 1.807) is 4.90 Å². The number of rotatable bonds is 5. The Morgan fingerprint density at radius 3 is 2.78 bits per heavy atom. The second-order valence-corrected chi connectivity index (χ2v) is 10.1. The first-order valence-corrected chi connectivity index (χ1v) is 12.7. The first kappa shape index (κ1) is 23.0. The van der Waals surface area contributed by atoms with Crippen molar-refractivity contribution in [3.8, 4) is 11.6 Å². The predicted molar refractivity (Wildman–Crippen MR) is 130 cm³/mol. The summed E-state index contributed by atoms with van der Waals surface area (Å²) in [4.78, 5) is 45.7. The summed E-state index contributed by atoms with van der Waals surface area (Å²) in [6.45, 7) is 6.15. The van der Waals surface area contributed by atoms with Gasteiger partial charge in [-0.25, -0.2) is 4.98 Å². The van der Waals surface area contributed by atoms with Crippen LogP contribution in [0.2, 0.25) is 0 Å². The van der Waals surface area contributed by atoms with Gasteiger partial charge in [0.1, 0.15) is 11.8 Å². The van der Waals surface area contributed by atoms with Crippen molar-refractivity contribution in [3.05, 3.63) is 52.7 Å². The molecular weight excluding hydrogens is 460 g/mol. The Balaban J connectivity index is 1.17. The third-order valence-electron chi connectivity index (χ3n) is 8.00. The van der Waals surface area contributed by atoms with Crippen molar-refractivity contribution >= 4 is 17.7 Å². The third kappa shape index (κ3) is 3.82. The molecule has 1 unspecified atom stereocenters. The molecule has 188 valence electrons. The summed E-state index contributed by atoms with van der Waals surface area (Å²) in [6.07, 6.45) is 2.54. The fourth-order valence-electron chi connectivity index (χ4n) is 6.04. The molecule has 0 bridgehead atoms. The van der Waals surface area contributed by atoms with E-state index in [1.165, 1.54) is 5.56 Å². The van der Waals surface area contributed by atoms with Gasteiger partial charge in [-0.15, -0.1) is 0 Å². The predicted octanol–water partition coefficient (Wildman–Crippen LogP) is 2.17. The summed E-state index contributed by atoms with van der Waals surface area (Å²) < 4.78 is 11.8. The van der Waals surface area contributed by atoms with Crippen LogP contribution in [0.3, 0.4) is 0 Å². The van der Waals surface area contributed by atoms with E-state index in [0.29, 0.717) is 37.6 Å². The lowest BCUT2D eigenvalue weighted by Crippen LogP contribution is -2.52. The number of carbonyl (C=O) groups is 3. The molecule has 1 aromatic heterocycles. The number of fused-ring (bicyclic) bond motifs is 4. The van der Waals surface area contributed by atoms with Crippen LogP contribution in [0.5, 0.6) is 11.6 Å². The third-order valence-corrected chi connectivity index (χ3v) is 8.00. The SMILES string of the molecule is CCOc1cccc(CN2CCC3(CC2)COc2c3ccc3c2CN(C2CCC(=O)NC2=O)C3=O)n1. The molecule has 4 aliphatic heterocycles. The molecule has 36 heavy (non-hydrogen) atoms. The molecule has 9 heteroatoms. The molecule has 0 aliphatic carbocycles. The van der Waals surface area contributed by atoms with Gasteiger partial charge in [0, 0.05) is 41.1 Å². The van der Waals surface area contributed by atoms with E-state index in [-0.39, 0.29) is 23.7 Å². The standard InChI is InChI=1S/C27H30N4O5/c1-2-35-23-5-3-4-17(28-23)14-30-12-10-27(11-13-30)16-36-24-19-15-31(21-8-9-22(32)29-25(21)33)26(34)18(19)6-7-20(24)27/h3-7,21H,2,8-16H2,1H3,(H,29,32,33). The van der Waals surface area contributed by atoms with E-state index in [9.17, 15) is 14.4 Å². The van der Waals surface area contributed by atoms with Gasteiger partial charge in [0.2, 0.25) is 17.7 Å². The second kappa shape index (κ2) is 8.89. The highest BCUT2D eigenvalue weighted by Gasteiger charge is 2.47. The highest BCUT2D eigenvalue weighted by Crippen LogP contribution is 2.49. The van der Waals surface area contributed by atoms with Crippen LogP contribution in [0.25, 0.3) is 0 Å². The van der Waals surface area contributed by atoms with Crippen molar-refractivity contribution in [2.75, 3.05) is 26.3 Å². The Bertz CT molecular complexity index is 1240. The number of aromatic nitrogens is 1. The van der Waals surface area contributed by atoms with E-state index >= 15 is 0 Å². The fraction of sp³-hybridized carbons (Fsp3) is 0.481. The summed E-state index contributed by atoms with van der Waals surface area (Å²) in [5, 5.41) is 2.36. The Labute approximate surface area is 209 Å². The Hall–Kier alpha value is -3.46. The maximum Gasteiger partial charge on any atom is 0.255 e. The van der Waals surface area contributed by atoms with Crippen molar-refractivity contribution in [2.24, 2.45) is 0 Å². The molecule has 2 aromatic rings. The lowest BCUT2D eigenvalue weighted by Gasteiger charge is -2.38. The average molecular weight is 491 g/mol. The van der Waals surface area contributed by atoms with E-state index in [2.05, 4.69) is 21.3 Å². The molecule has 0 saturated carbocycles. The quantitative estimate of drug-likeness (QED) is 0.641. The Morgan fingerprint density at radius 2 is 2.00 bits per heavy atom. The van der Waals surface area contributed by atoms with Gasteiger partial charge in [0.05, 0.1) is 25.5 Å². The molecule has 5 heterocycles. The normalized spacial score (nSPS) is 22.9. The van der Waals surface area contributed by atoms with Crippen molar-refractivity contribution in [2.45, 2.75) is 57.2 Å². The first-order chi connectivity index (χ1) is 17.5. The number of nitrogens with one attached hydrogen (secondary N) is 1. The summed E-state index contributed by atoms with van der Waals surface area (Å²) in [6, 6.07) is 9.24. The number of carbonyl (C=O) groups excluding carboxylic acids is 3. The number of ether oxygens (including phenoxy) is 2. The van der Waals surface area contributed by atoms with Crippen molar-refractivity contribution < 1.29 is 23.9 Å². The van der Waals surface area contributed by atoms with Crippen molar-refractivity contribution in [1.82, 2.24) is 20.1 Å². The molecule has 4 aliphatic rings. The van der Waals surface area contributed by atoms with Crippen LogP contribution in [-0.4, -0.2) is 64.9 Å². The first-order valence-electron chi connectivity index (χ1n) is 12.7. The number of amides is 3. The number of pyridine rings is 1. The summed E-state index contributed by atoms with van der Waals surface area (Å²) in [5.74, 6) is 0.640. The maximum absolute atomic E-state index is 13.2. The van der Waals surface area contributed by atoms with Gasteiger partial charge in [-0.05, 0) is 51.4 Å². The Kier molecular flexibility index (Phi) is 5.67. The maximum atomic E-state index is 13.2. The number of piperidine rings is 2. The lowest BCUT2D eigenvalue weighted by molar-refractivity contribution is -0.136. The monoisotopic (exact) mass is 490 g/mol. The molecule has 3 amide bonds. The number of hydrogen-bond donors (Lipinski definition) is 1. The topological polar surface area (TPSA) is 101 Å². The van der Waals surface area contributed by atoms with Crippen LogP contribution in [0.1, 0.15) is 59.8 Å². The van der Waals surface area contributed by atoms with Crippen LogP contribution < -0.4 is 14.8 Å². The molecule has 1 N–H and O–H groups in total. The van der Waals surface area contributed by atoms with Crippen molar-refractivity contribution in [1.29, 1.82) is 0 Å². The molecule has 2 fully saturated rings. The lowest BCUT2D eigenvalue weighted by atomic mass is 9.74. The van der Waals surface area contributed by atoms with E-state index in [1.807, 2.05) is 31.2 Å². The number of hydrogen-bond acceptors (Lipinski definition) is 7. The molecule has 1 atom stereocenters. The molecular formula is C27H30N4O5. The van der Waals surface area contributed by atoms with Crippen LogP contribution >= 0.6 is 0 Å². The molecule has 1 aromatic carbocycles. The zero-order valence-electron chi connectivity index (χ0n) is 20.4. The van der Waals surface area contributed by atoms with Gasteiger partial charge < -0.3 is 14.4 Å². The molecule has 1 spiro atoms. The van der Waals surface area contributed by atoms with Gasteiger partial charge >= 0.3 is 0 Å². The van der Waals surface area contributed by atoms with Gasteiger partial charge in [0.15, 0.2) is 0 Å². The van der Waals surface area contributed by atoms with E-state index in [0.717, 1.165) is 49.5 Å². The summed E-state index contributed by atoms with van der Waals surface area (Å²) in [7, 11) is 0. The van der Waals surface area contributed by atoms with Crippen molar-refractivity contribution in [3.63, 3.8) is 0 Å². The molecule has 0 radical (unpaired) electrons. The minimum absolute atomic E-state index is 0.0629. The molecule has 2 saturated heterocycles. The minimum Gasteiger partial charge on any atom is -0.492 e. The molecule has 9 nitrogen and oxygen atoms in total. The van der Waals surface area contributed by atoms with Crippen LogP contribution in [0.4, 0.5) is 0 Å².